The van der Waals surface area contributed by atoms with Gasteiger partial charge in [0.25, 0.3) is 5.91 Å². The molecule has 1 aromatic rings. The average molecular weight is 270 g/mol. The highest BCUT2D eigenvalue weighted by atomic mass is 32.2. The van der Waals surface area contributed by atoms with Gasteiger partial charge in [-0.2, -0.15) is 0 Å². The highest BCUT2D eigenvalue weighted by molar-refractivity contribution is 7.89. The molecule has 1 atom stereocenters. The first-order valence-electron chi connectivity index (χ1n) is 5.75. The summed E-state index contributed by atoms with van der Waals surface area (Å²) < 4.78 is 25.4. The van der Waals surface area contributed by atoms with Gasteiger partial charge >= 0.3 is 0 Å². The number of hydrogen-bond donors (Lipinski definition) is 2. The highest BCUT2D eigenvalue weighted by Crippen LogP contribution is 2.11. The molecule has 0 saturated carbocycles. The Morgan fingerprint density at radius 1 is 1.39 bits per heavy atom. The molecule has 0 aliphatic rings. The Labute approximate surface area is 108 Å². The molecule has 1 aromatic carbocycles. The maximum Gasteiger partial charge on any atom is 0.251 e. The third-order valence-corrected chi connectivity index (χ3v) is 4.08. The standard InChI is InChI=1S/C12H18N2O3S/c1-4-9(2)14-12(15)10-6-5-7-11(8-10)18(16,17)13-3/h5-9,13H,4H2,1-3H3,(H,14,15)/t9-/m1/s1. The van der Waals surface area contributed by atoms with Crippen molar-refractivity contribution >= 4 is 15.9 Å². The van der Waals surface area contributed by atoms with Gasteiger partial charge in [-0.05, 0) is 38.6 Å². The summed E-state index contributed by atoms with van der Waals surface area (Å²) in [6.45, 7) is 3.86. The van der Waals surface area contributed by atoms with E-state index in [9.17, 15) is 13.2 Å². The molecule has 0 spiro atoms. The molecule has 0 fully saturated rings. The fourth-order valence-electron chi connectivity index (χ4n) is 1.33. The maximum atomic E-state index is 11.9. The molecule has 1 amide bonds. The van der Waals surface area contributed by atoms with Gasteiger partial charge in [0.1, 0.15) is 0 Å². The minimum absolute atomic E-state index is 0.0575. The van der Waals surface area contributed by atoms with Crippen LogP contribution in [0.1, 0.15) is 30.6 Å². The third kappa shape index (κ3) is 3.54. The first kappa shape index (κ1) is 14.7. The van der Waals surface area contributed by atoms with Crippen molar-refractivity contribution in [3.8, 4) is 0 Å². The van der Waals surface area contributed by atoms with Crippen LogP contribution in [0.4, 0.5) is 0 Å². The zero-order valence-corrected chi connectivity index (χ0v) is 11.5. The average Bonchev–Trinajstić information content (AvgIpc) is 2.38. The number of nitrogens with one attached hydrogen (secondary N) is 2. The predicted molar refractivity (Wildman–Crippen MR) is 69.9 cm³/mol. The second-order valence-electron chi connectivity index (χ2n) is 4.02. The molecule has 5 nitrogen and oxygen atoms in total. The minimum atomic E-state index is -3.52. The molecule has 0 aliphatic carbocycles. The van der Waals surface area contributed by atoms with Crippen molar-refractivity contribution in [2.45, 2.75) is 31.2 Å². The molecule has 0 saturated heterocycles. The van der Waals surface area contributed by atoms with Gasteiger partial charge in [-0.15, -0.1) is 0 Å². The van der Waals surface area contributed by atoms with Crippen molar-refractivity contribution in [1.29, 1.82) is 0 Å². The van der Waals surface area contributed by atoms with Crippen LogP contribution in [0.25, 0.3) is 0 Å². The summed E-state index contributed by atoms with van der Waals surface area (Å²) >= 11 is 0. The van der Waals surface area contributed by atoms with Crippen molar-refractivity contribution in [3.63, 3.8) is 0 Å². The number of benzene rings is 1. The molecule has 0 aromatic heterocycles. The van der Waals surface area contributed by atoms with E-state index in [2.05, 4.69) is 10.0 Å². The van der Waals surface area contributed by atoms with E-state index in [0.717, 1.165) is 6.42 Å². The molecule has 0 heterocycles. The Bertz CT molecular complexity index is 526. The van der Waals surface area contributed by atoms with Gasteiger partial charge in [0.05, 0.1) is 4.90 Å². The second kappa shape index (κ2) is 5.97. The van der Waals surface area contributed by atoms with Crippen LogP contribution in [0.2, 0.25) is 0 Å². The van der Waals surface area contributed by atoms with Crippen LogP contribution in [0, 0.1) is 0 Å². The SMILES string of the molecule is CC[C@@H](C)NC(=O)c1cccc(S(=O)(=O)NC)c1. The van der Waals surface area contributed by atoms with Gasteiger partial charge in [-0.3, -0.25) is 4.79 Å². The minimum Gasteiger partial charge on any atom is -0.350 e. The first-order valence-corrected chi connectivity index (χ1v) is 7.23. The van der Waals surface area contributed by atoms with Crippen LogP contribution in [-0.4, -0.2) is 27.4 Å². The molecule has 0 aliphatic heterocycles. The van der Waals surface area contributed by atoms with E-state index in [1.165, 1.54) is 19.2 Å². The second-order valence-corrected chi connectivity index (χ2v) is 5.90. The van der Waals surface area contributed by atoms with Gasteiger partial charge in [-0.25, -0.2) is 13.1 Å². The highest BCUT2D eigenvalue weighted by Gasteiger charge is 2.14. The summed E-state index contributed by atoms with van der Waals surface area (Å²) in [4.78, 5) is 11.9. The van der Waals surface area contributed by atoms with E-state index >= 15 is 0 Å². The number of hydrogen-bond acceptors (Lipinski definition) is 3. The van der Waals surface area contributed by atoms with Crippen LogP contribution >= 0.6 is 0 Å². The number of sulfonamides is 1. The normalized spacial score (nSPS) is 13.1. The summed E-state index contributed by atoms with van der Waals surface area (Å²) in [5.74, 6) is -0.266. The lowest BCUT2D eigenvalue weighted by Crippen LogP contribution is -2.32. The van der Waals surface area contributed by atoms with Gasteiger partial charge in [0, 0.05) is 11.6 Å². The monoisotopic (exact) mass is 270 g/mol. The summed E-state index contributed by atoms with van der Waals surface area (Å²) in [5, 5.41) is 2.79. The lowest BCUT2D eigenvalue weighted by molar-refractivity contribution is 0.0939. The summed E-state index contributed by atoms with van der Waals surface area (Å²) in [6, 6.07) is 6.01. The molecule has 0 unspecified atom stereocenters. The van der Waals surface area contributed by atoms with E-state index < -0.39 is 10.0 Å². The van der Waals surface area contributed by atoms with Crippen LogP contribution in [0.3, 0.4) is 0 Å². The summed E-state index contributed by atoms with van der Waals surface area (Å²) in [7, 11) is -2.18. The Morgan fingerprint density at radius 3 is 2.61 bits per heavy atom. The number of amides is 1. The lowest BCUT2D eigenvalue weighted by atomic mass is 10.2. The third-order valence-electron chi connectivity index (χ3n) is 2.67. The van der Waals surface area contributed by atoms with Crippen molar-refractivity contribution < 1.29 is 13.2 Å². The van der Waals surface area contributed by atoms with Crippen LogP contribution in [-0.2, 0) is 10.0 Å². The van der Waals surface area contributed by atoms with Gasteiger partial charge in [-0.1, -0.05) is 13.0 Å². The molecule has 2 N–H and O–H groups in total. The summed E-state index contributed by atoms with van der Waals surface area (Å²) in [5.41, 5.74) is 0.339. The molecule has 18 heavy (non-hydrogen) atoms. The Kier molecular flexibility index (Phi) is 4.86. The number of carbonyl (C=O) groups is 1. The van der Waals surface area contributed by atoms with Gasteiger partial charge in [0.15, 0.2) is 0 Å². The van der Waals surface area contributed by atoms with Gasteiger partial charge < -0.3 is 5.32 Å². The molecular formula is C12H18N2O3S. The van der Waals surface area contributed by atoms with E-state index in [1.807, 2.05) is 13.8 Å². The van der Waals surface area contributed by atoms with E-state index in [4.69, 9.17) is 0 Å². The van der Waals surface area contributed by atoms with Crippen molar-refractivity contribution in [2.24, 2.45) is 0 Å². The molecule has 0 bridgehead atoms. The molecule has 6 heteroatoms. The molecule has 0 radical (unpaired) electrons. The van der Waals surface area contributed by atoms with E-state index in [0.29, 0.717) is 5.56 Å². The summed E-state index contributed by atoms with van der Waals surface area (Å²) in [6.07, 6.45) is 0.820. The Morgan fingerprint density at radius 2 is 2.06 bits per heavy atom. The first-order chi connectivity index (χ1) is 8.40. The lowest BCUT2D eigenvalue weighted by Gasteiger charge is -2.12. The number of rotatable bonds is 5. The molecular weight excluding hydrogens is 252 g/mol. The fraction of sp³-hybridized carbons (Fsp3) is 0.417. The topological polar surface area (TPSA) is 75.3 Å². The largest absolute Gasteiger partial charge is 0.350 e. The van der Waals surface area contributed by atoms with E-state index in [1.54, 1.807) is 12.1 Å². The van der Waals surface area contributed by atoms with Gasteiger partial charge in [0.2, 0.25) is 10.0 Å². The molecule has 1 rings (SSSR count). The Balaban J connectivity index is 2.99. The van der Waals surface area contributed by atoms with Crippen LogP contribution < -0.4 is 10.0 Å². The van der Waals surface area contributed by atoms with Crippen LogP contribution in [0.15, 0.2) is 29.2 Å². The zero-order valence-electron chi connectivity index (χ0n) is 10.7. The quantitative estimate of drug-likeness (QED) is 0.842. The Hall–Kier alpha value is -1.40. The molecule has 100 valence electrons. The van der Waals surface area contributed by atoms with Crippen molar-refractivity contribution in [1.82, 2.24) is 10.0 Å². The predicted octanol–water partition coefficient (Wildman–Crippen LogP) is 1.12. The van der Waals surface area contributed by atoms with Crippen molar-refractivity contribution in [2.75, 3.05) is 7.05 Å². The van der Waals surface area contributed by atoms with Crippen molar-refractivity contribution in [3.05, 3.63) is 29.8 Å². The maximum absolute atomic E-state index is 11.9. The zero-order chi connectivity index (χ0) is 13.8. The van der Waals surface area contributed by atoms with Crippen LogP contribution in [0.5, 0.6) is 0 Å². The number of carbonyl (C=O) groups excluding carboxylic acids is 1. The van der Waals surface area contributed by atoms with E-state index in [-0.39, 0.29) is 16.8 Å². The smallest absolute Gasteiger partial charge is 0.251 e. The fourth-order valence-corrected chi connectivity index (χ4v) is 2.11.